The van der Waals surface area contributed by atoms with Gasteiger partial charge < -0.3 is 20.9 Å². The van der Waals surface area contributed by atoms with Crippen LogP contribution in [0.25, 0.3) is 0 Å². The average Bonchev–Trinajstić information content (AvgIpc) is 2.13. The van der Waals surface area contributed by atoms with Crippen LogP contribution in [-0.4, -0.2) is 36.9 Å². The van der Waals surface area contributed by atoms with E-state index in [1.165, 1.54) is 7.11 Å². The molecule has 0 aliphatic carbocycles. The van der Waals surface area contributed by atoms with Crippen LogP contribution < -0.4 is 11.1 Å². The van der Waals surface area contributed by atoms with Gasteiger partial charge in [-0.3, -0.25) is 9.59 Å². The van der Waals surface area contributed by atoms with E-state index in [0.717, 1.165) is 0 Å². The third-order valence-corrected chi connectivity index (χ3v) is 1.48. The summed E-state index contributed by atoms with van der Waals surface area (Å²) in [6.07, 6.45) is 0.301. The van der Waals surface area contributed by atoms with Crippen molar-refractivity contribution in [3.8, 4) is 0 Å². The van der Waals surface area contributed by atoms with Crippen LogP contribution in [0, 0.1) is 0 Å². The lowest BCUT2D eigenvalue weighted by molar-refractivity contribution is -0.140. The second-order valence-electron chi connectivity index (χ2n) is 2.42. The number of aliphatic hydroxyl groups is 1. The SMILES string of the molecule is COC(=O)CC[C@H](N)C(=O)NCO. The summed E-state index contributed by atoms with van der Waals surface area (Å²) in [6, 6.07) is -0.786. The molecule has 0 radical (unpaired) electrons. The topological polar surface area (TPSA) is 102 Å². The fourth-order valence-electron chi connectivity index (χ4n) is 0.716. The molecule has 0 rings (SSSR count). The minimum atomic E-state index is -0.786. The molecule has 6 nitrogen and oxygen atoms in total. The molecule has 0 fully saturated rings. The Hall–Kier alpha value is -1.14. The van der Waals surface area contributed by atoms with Gasteiger partial charge in [-0.05, 0) is 6.42 Å². The van der Waals surface area contributed by atoms with E-state index in [2.05, 4.69) is 10.1 Å². The number of nitrogens with one attached hydrogen (secondary N) is 1. The monoisotopic (exact) mass is 190 g/mol. The van der Waals surface area contributed by atoms with E-state index < -0.39 is 24.6 Å². The molecule has 0 bridgehead atoms. The Labute approximate surface area is 76.0 Å². The molecule has 0 saturated carbocycles. The van der Waals surface area contributed by atoms with E-state index in [0.29, 0.717) is 0 Å². The molecule has 0 heterocycles. The van der Waals surface area contributed by atoms with Gasteiger partial charge >= 0.3 is 5.97 Å². The van der Waals surface area contributed by atoms with Crippen LogP contribution in [0.15, 0.2) is 0 Å². The summed E-state index contributed by atoms with van der Waals surface area (Å²) in [5.41, 5.74) is 5.38. The normalized spacial score (nSPS) is 11.9. The largest absolute Gasteiger partial charge is 0.469 e. The Morgan fingerprint density at radius 2 is 2.23 bits per heavy atom. The highest BCUT2D eigenvalue weighted by Crippen LogP contribution is 1.96. The van der Waals surface area contributed by atoms with Gasteiger partial charge in [0.25, 0.3) is 0 Å². The standard InChI is InChI=1S/C7H14N2O4/c1-13-6(11)3-2-5(8)7(12)9-4-10/h5,10H,2-4,8H2,1H3,(H,9,12)/t5-/m0/s1. The molecule has 1 amide bonds. The Morgan fingerprint density at radius 3 is 2.69 bits per heavy atom. The summed E-state index contributed by atoms with van der Waals surface area (Å²) in [5, 5.41) is 10.5. The number of aliphatic hydroxyl groups excluding tert-OH is 1. The van der Waals surface area contributed by atoms with Crippen LogP contribution in [0.2, 0.25) is 0 Å². The molecule has 0 spiro atoms. The highest BCUT2D eigenvalue weighted by atomic mass is 16.5. The predicted octanol–water partition coefficient (Wildman–Crippen LogP) is -1.67. The number of carbonyl (C=O) groups is 2. The number of nitrogens with two attached hydrogens (primary N) is 1. The molecule has 0 saturated heterocycles. The first-order valence-electron chi connectivity index (χ1n) is 3.82. The van der Waals surface area contributed by atoms with Gasteiger partial charge in [-0.25, -0.2) is 0 Å². The maximum atomic E-state index is 10.9. The Kier molecular flexibility index (Phi) is 5.82. The van der Waals surface area contributed by atoms with Gasteiger partial charge in [0.1, 0.15) is 6.73 Å². The fourth-order valence-corrected chi connectivity index (χ4v) is 0.716. The first kappa shape index (κ1) is 11.9. The molecule has 0 aromatic heterocycles. The van der Waals surface area contributed by atoms with Crippen LogP contribution in [0.5, 0.6) is 0 Å². The first-order chi connectivity index (χ1) is 6.11. The van der Waals surface area contributed by atoms with Gasteiger partial charge in [0.05, 0.1) is 13.2 Å². The summed E-state index contributed by atoms with van der Waals surface area (Å²) in [7, 11) is 1.27. The van der Waals surface area contributed by atoms with Crippen molar-refractivity contribution in [2.24, 2.45) is 5.73 Å². The lowest BCUT2D eigenvalue weighted by atomic mass is 10.1. The molecule has 6 heteroatoms. The number of ether oxygens (including phenoxy) is 1. The smallest absolute Gasteiger partial charge is 0.305 e. The zero-order valence-corrected chi connectivity index (χ0v) is 7.45. The van der Waals surface area contributed by atoms with Crippen molar-refractivity contribution in [3.05, 3.63) is 0 Å². The van der Waals surface area contributed by atoms with Crippen molar-refractivity contribution in [1.29, 1.82) is 0 Å². The minimum Gasteiger partial charge on any atom is -0.469 e. The van der Waals surface area contributed by atoms with Gasteiger partial charge in [-0.15, -0.1) is 0 Å². The van der Waals surface area contributed by atoms with Gasteiger partial charge in [-0.1, -0.05) is 0 Å². The zero-order chi connectivity index (χ0) is 10.3. The second-order valence-corrected chi connectivity index (χ2v) is 2.42. The summed E-state index contributed by atoms with van der Waals surface area (Å²) < 4.78 is 4.36. The summed E-state index contributed by atoms with van der Waals surface area (Å²) in [4.78, 5) is 21.5. The lowest BCUT2D eigenvalue weighted by Gasteiger charge is -2.09. The predicted molar refractivity (Wildman–Crippen MR) is 44.5 cm³/mol. The van der Waals surface area contributed by atoms with E-state index >= 15 is 0 Å². The number of rotatable bonds is 5. The van der Waals surface area contributed by atoms with Crippen molar-refractivity contribution in [2.45, 2.75) is 18.9 Å². The van der Waals surface area contributed by atoms with E-state index in [1.54, 1.807) is 0 Å². The van der Waals surface area contributed by atoms with Crippen LogP contribution in [0.1, 0.15) is 12.8 Å². The summed E-state index contributed by atoms with van der Waals surface area (Å²) in [5.74, 6) is -0.890. The minimum absolute atomic E-state index is 0.0938. The van der Waals surface area contributed by atoms with Gasteiger partial charge in [-0.2, -0.15) is 0 Å². The molecule has 13 heavy (non-hydrogen) atoms. The van der Waals surface area contributed by atoms with Crippen molar-refractivity contribution < 1.29 is 19.4 Å². The molecule has 4 N–H and O–H groups in total. The molecule has 0 aromatic carbocycles. The van der Waals surface area contributed by atoms with E-state index in [4.69, 9.17) is 10.8 Å². The zero-order valence-electron chi connectivity index (χ0n) is 7.45. The lowest BCUT2D eigenvalue weighted by Crippen LogP contribution is -2.41. The Morgan fingerprint density at radius 1 is 1.62 bits per heavy atom. The van der Waals surface area contributed by atoms with Crippen molar-refractivity contribution in [1.82, 2.24) is 5.32 Å². The van der Waals surface area contributed by atoms with Crippen LogP contribution in [0.3, 0.4) is 0 Å². The molecular weight excluding hydrogens is 176 g/mol. The third kappa shape index (κ3) is 5.15. The van der Waals surface area contributed by atoms with Crippen molar-refractivity contribution in [2.75, 3.05) is 13.8 Å². The van der Waals surface area contributed by atoms with Crippen LogP contribution in [0.4, 0.5) is 0 Å². The first-order valence-corrected chi connectivity index (χ1v) is 3.82. The number of hydrogen-bond donors (Lipinski definition) is 3. The molecule has 1 atom stereocenters. The van der Waals surface area contributed by atoms with E-state index in [1.807, 2.05) is 0 Å². The summed E-state index contributed by atoms with van der Waals surface area (Å²) in [6.45, 7) is -0.454. The van der Waals surface area contributed by atoms with Crippen LogP contribution in [-0.2, 0) is 14.3 Å². The third-order valence-electron chi connectivity index (χ3n) is 1.48. The molecular formula is C7H14N2O4. The van der Waals surface area contributed by atoms with E-state index in [9.17, 15) is 9.59 Å². The maximum absolute atomic E-state index is 10.9. The fraction of sp³-hybridized carbons (Fsp3) is 0.714. The molecule has 0 unspecified atom stereocenters. The Balaban J connectivity index is 3.67. The van der Waals surface area contributed by atoms with Gasteiger partial charge in [0.2, 0.25) is 5.91 Å². The molecule has 76 valence electrons. The van der Waals surface area contributed by atoms with Crippen molar-refractivity contribution >= 4 is 11.9 Å². The number of methoxy groups -OCH3 is 1. The molecule has 0 aromatic rings. The van der Waals surface area contributed by atoms with Gasteiger partial charge in [0, 0.05) is 6.42 Å². The number of hydrogen-bond acceptors (Lipinski definition) is 5. The van der Waals surface area contributed by atoms with Gasteiger partial charge in [0.15, 0.2) is 0 Å². The maximum Gasteiger partial charge on any atom is 0.305 e. The van der Waals surface area contributed by atoms with Crippen molar-refractivity contribution in [3.63, 3.8) is 0 Å². The number of esters is 1. The molecule has 0 aliphatic heterocycles. The second kappa shape index (κ2) is 6.38. The Bertz CT molecular complexity index is 183. The summed E-state index contributed by atoms with van der Waals surface area (Å²) >= 11 is 0. The van der Waals surface area contributed by atoms with Crippen LogP contribution >= 0.6 is 0 Å². The highest BCUT2D eigenvalue weighted by molar-refractivity contribution is 5.82. The highest BCUT2D eigenvalue weighted by Gasteiger charge is 2.14. The average molecular weight is 190 g/mol. The number of amides is 1. The quantitative estimate of drug-likeness (QED) is 0.355. The molecule has 0 aliphatic rings. The van der Waals surface area contributed by atoms with E-state index in [-0.39, 0.29) is 12.8 Å². The number of carbonyl (C=O) groups excluding carboxylic acids is 2.